The minimum atomic E-state index is -1.48. The van der Waals surface area contributed by atoms with Crippen LogP contribution in [0.5, 0.6) is 0 Å². The molecular weight excluding hydrogens is 713 g/mol. The van der Waals surface area contributed by atoms with E-state index in [2.05, 4.69) is 86.7 Å². The van der Waals surface area contributed by atoms with Gasteiger partial charge in [0.05, 0.1) is 0 Å². The molecule has 4 aromatic carbocycles. The van der Waals surface area contributed by atoms with E-state index in [4.69, 9.17) is 0 Å². The summed E-state index contributed by atoms with van der Waals surface area (Å²) >= 11 is 0. The molecular formula is C46H50BN5O5. The average Bonchev–Trinajstić information content (AvgIpc) is 3.43. The summed E-state index contributed by atoms with van der Waals surface area (Å²) in [6, 6.07) is 31.1. The third-order valence-corrected chi connectivity index (χ3v) is 12.9. The van der Waals surface area contributed by atoms with Gasteiger partial charge in [-0.2, -0.15) is 0 Å². The second kappa shape index (κ2) is 16.0. The molecule has 3 saturated heterocycles. The Balaban J connectivity index is 0.805. The highest BCUT2D eigenvalue weighted by molar-refractivity contribution is 6.58. The summed E-state index contributed by atoms with van der Waals surface area (Å²) in [6.45, 7) is 7.49. The van der Waals surface area contributed by atoms with Gasteiger partial charge in [-0.3, -0.25) is 24.6 Å². The number of hydrogen-bond donors (Lipinski definition) is 3. The van der Waals surface area contributed by atoms with Gasteiger partial charge < -0.3 is 24.7 Å². The van der Waals surface area contributed by atoms with Crippen molar-refractivity contribution in [1.29, 1.82) is 0 Å². The number of allylic oxidation sites excluding steroid dienone is 1. The van der Waals surface area contributed by atoms with Crippen LogP contribution in [0, 0.1) is 5.92 Å². The van der Waals surface area contributed by atoms with Crippen LogP contribution in [-0.4, -0.2) is 96.5 Å². The first-order valence-electron chi connectivity index (χ1n) is 20.7. The van der Waals surface area contributed by atoms with E-state index in [0.29, 0.717) is 29.9 Å². The number of piperazine rings is 1. The van der Waals surface area contributed by atoms with E-state index in [1.807, 2.05) is 24.3 Å². The number of piperidine rings is 2. The number of nitrogens with one attached hydrogen (secondary N) is 1. The van der Waals surface area contributed by atoms with Crippen molar-refractivity contribution in [3.05, 3.63) is 124 Å². The van der Waals surface area contributed by atoms with Gasteiger partial charge in [-0.05, 0) is 119 Å². The lowest BCUT2D eigenvalue weighted by Gasteiger charge is -2.40. The molecule has 9 rings (SSSR count). The van der Waals surface area contributed by atoms with E-state index in [1.165, 1.54) is 46.4 Å². The Bertz CT molecular complexity index is 2190. The Morgan fingerprint density at radius 2 is 1.39 bits per heavy atom. The van der Waals surface area contributed by atoms with Gasteiger partial charge in [-0.1, -0.05) is 60.7 Å². The second-order valence-electron chi connectivity index (χ2n) is 16.4. The highest BCUT2D eigenvalue weighted by Gasteiger charge is 2.39. The normalized spacial score (nSPS) is 20.7. The average molecular weight is 764 g/mol. The molecule has 0 saturated carbocycles. The van der Waals surface area contributed by atoms with Crippen LogP contribution in [0.1, 0.15) is 76.7 Å². The Kier molecular flexibility index (Phi) is 10.5. The first kappa shape index (κ1) is 37.4. The molecule has 0 radical (unpaired) electrons. The van der Waals surface area contributed by atoms with E-state index in [-0.39, 0.29) is 24.1 Å². The zero-order chi connectivity index (χ0) is 39.0. The van der Waals surface area contributed by atoms with Crippen molar-refractivity contribution in [2.45, 2.75) is 57.5 Å². The fourth-order valence-corrected chi connectivity index (χ4v) is 9.75. The molecule has 0 spiro atoms. The lowest BCUT2D eigenvalue weighted by molar-refractivity contribution is -0.136. The number of aryl methyl sites for hydroxylation is 1. The fraction of sp³-hybridized carbons (Fsp3) is 0.370. The van der Waals surface area contributed by atoms with E-state index in [0.717, 1.165) is 81.9 Å². The number of hydrogen-bond acceptors (Lipinski definition) is 8. The molecule has 4 heterocycles. The number of amides is 3. The zero-order valence-electron chi connectivity index (χ0n) is 32.4. The van der Waals surface area contributed by atoms with Gasteiger partial charge in [0.25, 0.3) is 5.91 Å². The molecule has 5 aliphatic rings. The SMILES string of the molecule is O=C1CC[C@H](N2Cc3cc(N4CCN(CC5CCN(c6ccc(C7=C(c8ccccc8)CCCc8cc(B(O)O)ccc87)cc6)CC5)CC4)ccc3C2=O)C(=O)N1. The predicted molar refractivity (Wildman–Crippen MR) is 224 cm³/mol. The minimum absolute atomic E-state index is 0.128. The summed E-state index contributed by atoms with van der Waals surface area (Å²) in [5.41, 5.74) is 11.9. The lowest BCUT2D eigenvalue weighted by atomic mass is 9.77. The van der Waals surface area contributed by atoms with Gasteiger partial charge in [0.2, 0.25) is 11.8 Å². The maximum absolute atomic E-state index is 13.2. The van der Waals surface area contributed by atoms with Crippen molar-refractivity contribution in [2.24, 2.45) is 5.92 Å². The number of benzene rings is 4. The Morgan fingerprint density at radius 3 is 2.12 bits per heavy atom. The van der Waals surface area contributed by atoms with Crippen LogP contribution >= 0.6 is 0 Å². The quantitative estimate of drug-likeness (QED) is 0.178. The van der Waals surface area contributed by atoms with E-state index >= 15 is 0 Å². The number of carbonyl (C=O) groups is 3. The number of imide groups is 1. The van der Waals surface area contributed by atoms with Gasteiger partial charge in [0.15, 0.2) is 0 Å². The first-order valence-corrected chi connectivity index (χ1v) is 20.7. The summed E-state index contributed by atoms with van der Waals surface area (Å²) < 4.78 is 0. The molecule has 1 atom stereocenters. The highest BCUT2D eigenvalue weighted by Crippen LogP contribution is 2.40. The maximum atomic E-state index is 13.2. The third-order valence-electron chi connectivity index (χ3n) is 12.9. The van der Waals surface area contributed by atoms with E-state index in [1.54, 1.807) is 4.90 Å². The fourth-order valence-electron chi connectivity index (χ4n) is 9.75. The number of anilines is 2. The van der Waals surface area contributed by atoms with Crippen molar-refractivity contribution in [3.8, 4) is 0 Å². The molecule has 4 aromatic rings. The highest BCUT2D eigenvalue weighted by atomic mass is 16.4. The largest absolute Gasteiger partial charge is 0.488 e. The molecule has 0 aromatic heterocycles. The van der Waals surface area contributed by atoms with Crippen molar-refractivity contribution in [2.75, 3.05) is 55.6 Å². The summed E-state index contributed by atoms with van der Waals surface area (Å²) in [4.78, 5) is 46.5. The predicted octanol–water partition coefficient (Wildman–Crippen LogP) is 4.46. The van der Waals surface area contributed by atoms with Crippen LogP contribution in [0.2, 0.25) is 0 Å². The Hall–Kier alpha value is -5.23. The summed E-state index contributed by atoms with van der Waals surface area (Å²) in [5, 5.41) is 22.2. The van der Waals surface area contributed by atoms with Crippen molar-refractivity contribution >= 4 is 52.8 Å². The van der Waals surface area contributed by atoms with Crippen LogP contribution in [0.3, 0.4) is 0 Å². The molecule has 1 aliphatic carbocycles. The minimum Gasteiger partial charge on any atom is -0.423 e. The Morgan fingerprint density at radius 1 is 0.667 bits per heavy atom. The molecule has 10 nitrogen and oxygen atoms in total. The molecule has 3 amide bonds. The van der Waals surface area contributed by atoms with Crippen LogP contribution in [0.15, 0.2) is 91.0 Å². The van der Waals surface area contributed by atoms with Gasteiger partial charge in [0.1, 0.15) is 6.04 Å². The molecule has 0 unspecified atom stereocenters. The van der Waals surface area contributed by atoms with Crippen LogP contribution in [-0.2, 0) is 22.6 Å². The standard InChI is InChI=1S/C46H50BN5O5/c53-43-18-17-42(45(54)48-43)52-30-35-28-38(14-16-41(35)46(52)55)51-25-23-49(24-26-51)29-31-19-21-50(22-20-31)37-12-9-33(10-13-37)44-39(32-5-2-1-3-6-32)8-4-7-34-27-36(47(56)57)11-15-40(34)44/h1-3,5-6,9-16,27-28,31,42,56-57H,4,7-8,17-26,29-30H2,(H,48,53,54)/t42-/m0/s1. The van der Waals surface area contributed by atoms with Gasteiger partial charge in [-0.15, -0.1) is 0 Å². The molecule has 292 valence electrons. The van der Waals surface area contributed by atoms with E-state index < -0.39 is 13.2 Å². The zero-order valence-corrected chi connectivity index (χ0v) is 32.4. The molecule has 11 heteroatoms. The molecule has 3 fully saturated rings. The van der Waals surface area contributed by atoms with Crippen LogP contribution in [0.4, 0.5) is 11.4 Å². The third kappa shape index (κ3) is 7.64. The van der Waals surface area contributed by atoms with Gasteiger partial charge in [-0.25, -0.2) is 0 Å². The molecule has 57 heavy (non-hydrogen) atoms. The number of carbonyl (C=O) groups excluding carboxylic acids is 3. The van der Waals surface area contributed by atoms with Crippen LogP contribution in [0.25, 0.3) is 11.1 Å². The lowest BCUT2D eigenvalue weighted by Crippen LogP contribution is -2.52. The summed E-state index contributed by atoms with van der Waals surface area (Å²) in [6.07, 6.45) is 5.82. The van der Waals surface area contributed by atoms with Gasteiger partial charge in [0, 0.05) is 75.7 Å². The first-order chi connectivity index (χ1) is 27.8. The van der Waals surface area contributed by atoms with Crippen molar-refractivity contribution in [1.82, 2.24) is 15.1 Å². The summed E-state index contributed by atoms with van der Waals surface area (Å²) in [5.74, 6) is -0.110. The van der Waals surface area contributed by atoms with E-state index in [9.17, 15) is 24.4 Å². The van der Waals surface area contributed by atoms with Gasteiger partial charge >= 0.3 is 7.12 Å². The van der Waals surface area contributed by atoms with Crippen LogP contribution < -0.4 is 20.6 Å². The number of rotatable bonds is 8. The second-order valence-corrected chi connectivity index (χ2v) is 16.4. The van der Waals surface area contributed by atoms with Crippen molar-refractivity contribution < 1.29 is 24.4 Å². The molecule has 3 N–H and O–H groups in total. The monoisotopic (exact) mass is 763 g/mol. The van der Waals surface area contributed by atoms with Crippen molar-refractivity contribution in [3.63, 3.8) is 0 Å². The molecule has 0 bridgehead atoms. The smallest absolute Gasteiger partial charge is 0.423 e. The topological polar surface area (TPSA) is 117 Å². The Labute approximate surface area is 334 Å². The number of fused-ring (bicyclic) bond motifs is 2. The maximum Gasteiger partial charge on any atom is 0.488 e. The molecule has 4 aliphatic heterocycles. The number of nitrogens with zero attached hydrogens (tertiary/aromatic N) is 4. The summed E-state index contributed by atoms with van der Waals surface area (Å²) in [7, 11) is -1.48.